The fourth-order valence-electron chi connectivity index (χ4n) is 1.67. The van der Waals surface area contributed by atoms with Crippen LogP contribution in [0.2, 0.25) is 0 Å². The Balaban J connectivity index is 1.98. The van der Waals surface area contributed by atoms with Gasteiger partial charge in [-0.15, -0.1) is 11.3 Å². The van der Waals surface area contributed by atoms with Crippen molar-refractivity contribution in [3.05, 3.63) is 47.0 Å². The molecule has 1 aromatic heterocycles. The van der Waals surface area contributed by atoms with E-state index in [0.29, 0.717) is 11.4 Å². The zero-order valence-electron chi connectivity index (χ0n) is 10.9. The molecule has 0 spiro atoms. The zero-order valence-corrected chi connectivity index (χ0v) is 12.6. The molecule has 2 rings (SSSR count). The average molecular weight is 309 g/mol. The van der Waals surface area contributed by atoms with Crippen LogP contribution >= 0.6 is 23.1 Å². The van der Waals surface area contributed by atoms with Crippen molar-refractivity contribution >= 4 is 29.1 Å². The summed E-state index contributed by atoms with van der Waals surface area (Å²) in [7, 11) is 0. The minimum absolute atomic E-state index is 0.0634. The molecule has 0 aliphatic carbocycles. The third kappa shape index (κ3) is 4.06. The molecule has 1 unspecified atom stereocenters. The van der Waals surface area contributed by atoms with Crippen LogP contribution in [0.4, 0.5) is 0 Å². The van der Waals surface area contributed by atoms with E-state index in [0.717, 1.165) is 9.90 Å². The maximum atomic E-state index is 10.6. The molecule has 1 aromatic carbocycles. The molecule has 0 saturated carbocycles. The fourth-order valence-corrected chi connectivity index (χ4v) is 3.56. The number of aromatic nitrogens is 1. The molecule has 1 heterocycles. The van der Waals surface area contributed by atoms with Crippen LogP contribution in [-0.2, 0) is 16.8 Å². The highest BCUT2D eigenvalue weighted by Crippen LogP contribution is 2.31. The third-order valence-corrected chi connectivity index (χ3v) is 5.11. The number of carboxylic acids is 1. The molecule has 0 bridgehead atoms. The molecule has 0 amide bonds. The molecular formula is C14H15NO3S2. The Labute approximate surface area is 125 Å². The van der Waals surface area contributed by atoms with E-state index in [9.17, 15) is 9.90 Å². The molecule has 0 aliphatic rings. The van der Waals surface area contributed by atoms with Crippen LogP contribution < -0.4 is 0 Å². The quantitative estimate of drug-likeness (QED) is 0.803. The summed E-state index contributed by atoms with van der Waals surface area (Å²) in [4.78, 5) is 14.8. The van der Waals surface area contributed by atoms with Gasteiger partial charge >= 0.3 is 5.97 Å². The molecule has 4 nitrogen and oxygen atoms in total. The molecule has 1 atom stereocenters. The second-order valence-corrected chi connectivity index (χ2v) is 6.68. The summed E-state index contributed by atoms with van der Waals surface area (Å²) >= 11 is 2.84. The lowest BCUT2D eigenvalue weighted by Gasteiger charge is -2.22. The monoisotopic (exact) mass is 309 g/mol. The number of aliphatic hydroxyl groups is 1. The van der Waals surface area contributed by atoms with Crippen LogP contribution in [0.15, 0.2) is 40.1 Å². The van der Waals surface area contributed by atoms with Crippen molar-refractivity contribution < 1.29 is 15.0 Å². The van der Waals surface area contributed by atoms with Crippen LogP contribution in [-0.4, -0.2) is 26.9 Å². The summed E-state index contributed by atoms with van der Waals surface area (Å²) in [6.45, 7) is 1.76. The Morgan fingerprint density at radius 3 is 2.75 bits per heavy atom. The molecule has 20 heavy (non-hydrogen) atoms. The summed E-state index contributed by atoms with van der Waals surface area (Å²) in [5.74, 6) is -0.417. The van der Waals surface area contributed by atoms with Gasteiger partial charge in [-0.05, 0) is 12.5 Å². The lowest BCUT2D eigenvalue weighted by atomic mass is 9.99. The number of aliphatic carboxylic acids is 1. The van der Waals surface area contributed by atoms with Crippen molar-refractivity contribution in [2.24, 2.45) is 0 Å². The van der Waals surface area contributed by atoms with Gasteiger partial charge in [-0.3, -0.25) is 4.79 Å². The predicted molar refractivity (Wildman–Crippen MR) is 80.2 cm³/mol. The Kier molecular flexibility index (Phi) is 4.80. The summed E-state index contributed by atoms with van der Waals surface area (Å²) in [6.07, 6.45) is -0.0634. The standard InChI is InChI=1S/C14H15NO3S2/c1-14(18,10-5-3-2-4-6-10)9-20-13-15-11(8-19-13)7-12(16)17/h2-6,8,18H,7,9H2,1H3,(H,16,17). The number of carboxylic acid groups (broad SMARTS) is 1. The smallest absolute Gasteiger partial charge is 0.309 e. The first kappa shape index (κ1) is 15.0. The molecule has 0 fully saturated rings. The Morgan fingerprint density at radius 2 is 2.10 bits per heavy atom. The average Bonchev–Trinajstić information content (AvgIpc) is 2.84. The zero-order chi connectivity index (χ0) is 14.6. The van der Waals surface area contributed by atoms with E-state index in [-0.39, 0.29) is 6.42 Å². The van der Waals surface area contributed by atoms with Crippen LogP contribution in [0.5, 0.6) is 0 Å². The van der Waals surface area contributed by atoms with Gasteiger partial charge in [-0.2, -0.15) is 0 Å². The predicted octanol–water partition coefficient (Wildman–Crippen LogP) is 2.77. The van der Waals surface area contributed by atoms with Crippen molar-refractivity contribution in [2.45, 2.75) is 23.3 Å². The molecule has 0 saturated heterocycles. The second-order valence-electron chi connectivity index (χ2n) is 4.60. The van der Waals surface area contributed by atoms with Crippen LogP contribution in [0.3, 0.4) is 0 Å². The molecule has 0 radical (unpaired) electrons. The largest absolute Gasteiger partial charge is 0.481 e. The molecule has 106 valence electrons. The summed E-state index contributed by atoms with van der Waals surface area (Å²) in [6, 6.07) is 9.47. The van der Waals surface area contributed by atoms with Gasteiger partial charge in [0.15, 0.2) is 0 Å². The van der Waals surface area contributed by atoms with E-state index in [1.165, 1.54) is 23.1 Å². The van der Waals surface area contributed by atoms with Gasteiger partial charge in [0, 0.05) is 11.1 Å². The van der Waals surface area contributed by atoms with E-state index < -0.39 is 11.6 Å². The van der Waals surface area contributed by atoms with E-state index >= 15 is 0 Å². The first-order chi connectivity index (χ1) is 9.47. The summed E-state index contributed by atoms with van der Waals surface area (Å²) in [5.41, 5.74) is 0.476. The number of benzene rings is 1. The first-order valence-corrected chi connectivity index (χ1v) is 7.91. The third-order valence-electron chi connectivity index (χ3n) is 2.74. The van der Waals surface area contributed by atoms with Gasteiger partial charge in [-0.1, -0.05) is 42.1 Å². The topological polar surface area (TPSA) is 70.4 Å². The highest BCUT2D eigenvalue weighted by atomic mass is 32.2. The normalized spacial score (nSPS) is 13.9. The molecule has 2 N–H and O–H groups in total. The van der Waals surface area contributed by atoms with Gasteiger partial charge in [-0.25, -0.2) is 4.98 Å². The number of hydrogen-bond donors (Lipinski definition) is 2. The molecule has 6 heteroatoms. The molecule has 0 aliphatic heterocycles. The summed E-state index contributed by atoms with van der Waals surface area (Å²) < 4.78 is 0.775. The number of carbonyl (C=O) groups is 1. The lowest BCUT2D eigenvalue weighted by Crippen LogP contribution is -2.24. The van der Waals surface area contributed by atoms with E-state index in [1.807, 2.05) is 30.3 Å². The molecular weight excluding hydrogens is 294 g/mol. The van der Waals surface area contributed by atoms with Crippen molar-refractivity contribution in [2.75, 3.05) is 5.75 Å². The maximum absolute atomic E-state index is 10.6. The number of hydrogen-bond acceptors (Lipinski definition) is 5. The number of nitrogens with zero attached hydrogens (tertiary/aromatic N) is 1. The number of thioether (sulfide) groups is 1. The van der Waals surface area contributed by atoms with Crippen molar-refractivity contribution in [3.63, 3.8) is 0 Å². The van der Waals surface area contributed by atoms with Crippen molar-refractivity contribution in [1.29, 1.82) is 0 Å². The van der Waals surface area contributed by atoms with E-state index in [4.69, 9.17) is 5.11 Å². The minimum Gasteiger partial charge on any atom is -0.481 e. The van der Waals surface area contributed by atoms with Gasteiger partial charge in [0.25, 0.3) is 0 Å². The van der Waals surface area contributed by atoms with E-state index in [1.54, 1.807) is 12.3 Å². The van der Waals surface area contributed by atoms with Crippen LogP contribution in [0.1, 0.15) is 18.2 Å². The van der Waals surface area contributed by atoms with Gasteiger partial charge < -0.3 is 10.2 Å². The highest BCUT2D eigenvalue weighted by molar-refractivity contribution is 8.01. The highest BCUT2D eigenvalue weighted by Gasteiger charge is 2.23. The van der Waals surface area contributed by atoms with Crippen LogP contribution in [0, 0.1) is 0 Å². The number of thiazole rings is 1. The summed E-state index contributed by atoms with van der Waals surface area (Å²) in [5, 5.41) is 20.9. The Hall–Kier alpha value is -1.37. The Bertz CT molecular complexity index is 581. The fraction of sp³-hybridized carbons (Fsp3) is 0.286. The maximum Gasteiger partial charge on any atom is 0.309 e. The van der Waals surface area contributed by atoms with Gasteiger partial charge in [0.1, 0.15) is 4.34 Å². The SMILES string of the molecule is CC(O)(CSc1nc(CC(=O)O)cs1)c1ccccc1. The van der Waals surface area contributed by atoms with E-state index in [2.05, 4.69) is 4.98 Å². The Morgan fingerprint density at radius 1 is 1.40 bits per heavy atom. The first-order valence-electron chi connectivity index (χ1n) is 6.04. The molecule has 2 aromatic rings. The lowest BCUT2D eigenvalue weighted by molar-refractivity contribution is -0.136. The second kappa shape index (κ2) is 6.39. The van der Waals surface area contributed by atoms with Gasteiger partial charge in [0.2, 0.25) is 0 Å². The van der Waals surface area contributed by atoms with Crippen molar-refractivity contribution in [1.82, 2.24) is 4.98 Å². The van der Waals surface area contributed by atoms with Gasteiger partial charge in [0.05, 0.1) is 17.7 Å². The minimum atomic E-state index is -0.940. The van der Waals surface area contributed by atoms with Crippen molar-refractivity contribution in [3.8, 4) is 0 Å². The van der Waals surface area contributed by atoms with Crippen LogP contribution in [0.25, 0.3) is 0 Å². The number of rotatable bonds is 6.